The number of alkyl carbamates (subject to hydrolysis) is 1. The maximum absolute atomic E-state index is 11.7. The third-order valence-corrected chi connectivity index (χ3v) is 4.44. The Kier molecular flexibility index (Phi) is 4.40. The fourth-order valence-electron chi connectivity index (χ4n) is 2.66. The highest BCUT2D eigenvalue weighted by atomic mass is 16.5. The van der Waals surface area contributed by atoms with Gasteiger partial charge in [-0.1, -0.05) is 0 Å². The van der Waals surface area contributed by atoms with Crippen LogP contribution in [0.3, 0.4) is 0 Å². The van der Waals surface area contributed by atoms with Crippen molar-refractivity contribution in [2.24, 2.45) is 13.0 Å². The topological polar surface area (TPSA) is 96.4 Å². The number of rotatable bonds is 4. The molecule has 1 amide bonds. The number of carbonyl (C=O) groups excluding carboxylic acids is 1. The molecule has 0 bridgehead atoms. The number of carbonyl (C=O) groups is 1. The van der Waals surface area contributed by atoms with Crippen molar-refractivity contribution in [1.82, 2.24) is 14.9 Å². The number of nitrogens with one attached hydrogen (secondary N) is 2. The van der Waals surface area contributed by atoms with E-state index in [1.807, 2.05) is 4.90 Å². The molecule has 0 atom stereocenters. The van der Waals surface area contributed by atoms with Crippen molar-refractivity contribution in [2.45, 2.75) is 31.7 Å². The van der Waals surface area contributed by atoms with Crippen LogP contribution in [0.2, 0.25) is 0 Å². The summed E-state index contributed by atoms with van der Waals surface area (Å²) in [6.45, 7) is 1.84. The highest BCUT2D eigenvalue weighted by molar-refractivity contribution is 5.67. The highest BCUT2D eigenvalue weighted by Gasteiger charge is 2.25. The first-order valence-corrected chi connectivity index (χ1v) is 8.01. The van der Waals surface area contributed by atoms with Gasteiger partial charge in [0.15, 0.2) is 0 Å². The smallest absolute Gasteiger partial charge is 0.407 e. The molecule has 1 saturated carbocycles. The lowest BCUT2D eigenvalue weighted by Gasteiger charge is -2.33. The van der Waals surface area contributed by atoms with Gasteiger partial charge in [0.1, 0.15) is 5.82 Å². The zero-order valence-corrected chi connectivity index (χ0v) is 13.2. The standard InChI is InChI=1S/C15H22N4O4/c1-18-13(20)8-12(17-14(18)21)19-6-4-11(5-7-19)16-15(22)23-9-10-2-3-10/h8,10-11H,2-7,9H2,1H3,(H,16,22)(H,17,21). The largest absolute Gasteiger partial charge is 0.449 e. The number of hydrogen-bond acceptors (Lipinski definition) is 5. The maximum atomic E-state index is 11.7. The number of aromatic nitrogens is 2. The summed E-state index contributed by atoms with van der Waals surface area (Å²) < 4.78 is 6.20. The Morgan fingerprint density at radius 3 is 2.61 bits per heavy atom. The van der Waals surface area contributed by atoms with Gasteiger partial charge in [-0.3, -0.25) is 14.3 Å². The molecule has 1 aromatic rings. The van der Waals surface area contributed by atoms with E-state index >= 15 is 0 Å². The van der Waals surface area contributed by atoms with Gasteiger partial charge in [0.05, 0.1) is 6.61 Å². The third-order valence-electron chi connectivity index (χ3n) is 4.44. The van der Waals surface area contributed by atoms with Crippen molar-refractivity contribution in [2.75, 3.05) is 24.6 Å². The van der Waals surface area contributed by atoms with Crippen LogP contribution in [-0.4, -0.2) is 41.4 Å². The lowest BCUT2D eigenvalue weighted by Crippen LogP contribution is -2.46. The van der Waals surface area contributed by atoms with Crippen LogP contribution in [0.25, 0.3) is 0 Å². The summed E-state index contributed by atoms with van der Waals surface area (Å²) in [5, 5.41) is 2.88. The van der Waals surface area contributed by atoms with E-state index in [2.05, 4.69) is 10.3 Å². The van der Waals surface area contributed by atoms with E-state index in [1.54, 1.807) is 0 Å². The van der Waals surface area contributed by atoms with E-state index < -0.39 is 5.69 Å². The molecule has 1 aliphatic carbocycles. The number of nitrogens with zero attached hydrogens (tertiary/aromatic N) is 2. The molecule has 0 radical (unpaired) electrons. The second-order valence-electron chi connectivity index (χ2n) is 6.30. The van der Waals surface area contributed by atoms with Gasteiger partial charge >= 0.3 is 11.8 Å². The van der Waals surface area contributed by atoms with Gasteiger partial charge in [-0.05, 0) is 31.6 Å². The van der Waals surface area contributed by atoms with E-state index in [-0.39, 0.29) is 17.7 Å². The average Bonchev–Trinajstić information content (AvgIpc) is 3.35. The number of H-pyrrole nitrogens is 1. The summed E-state index contributed by atoms with van der Waals surface area (Å²) in [7, 11) is 1.44. The molecule has 1 aromatic heterocycles. The number of ether oxygens (including phenoxy) is 1. The lowest BCUT2D eigenvalue weighted by molar-refractivity contribution is 0.135. The minimum absolute atomic E-state index is 0.0659. The Labute approximate surface area is 133 Å². The maximum Gasteiger partial charge on any atom is 0.407 e. The zero-order valence-electron chi connectivity index (χ0n) is 13.2. The molecule has 2 aliphatic rings. The molecule has 2 heterocycles. The van der Waals surface area contributed by atoms with E-state index in [1.165, 1.54) is 13.1 Å². The van der Waals surface area contributed by atoms with Crippen LogP contribution in [0.15, 0.2) is 15.7 Å². The van der Waals surface area contributed by atoms with Crippen molar-refractivity contribution in [3.63, 3.8) is 0 Å². The van der Waals surface area contributed by atoms with Gasteiger partial charge in [-0.2, -0.15) is 0 Å². The molecule has 8 heteroatoms. The minimum atomic E-state index is -0.420. The number of amides is 1. The van der Waals surface area contributed by atoms with Crippen LogP contribution in [0.1, 0.15) is 25.7 Å². The number of hydrogen-bond donors (Lipinski definition) is 2. The minimum Gasteiger partial charge on any atom is -0.449 e. The first-order valence-electron chi connectivity index (χ1n) is 8.01. The van der Waals surface area contributed by atoms with Gasteiger partial charge in [0.25, 0.3) is 5.56 Å². The fraction of sp³-hybridized carbons (Fsp3) is 0.667. The molecule has 8 nitrogen and oxygen atoms in total. The van der Waals surface area contributed by atoms with Crippen LogP contribution in [0.4, 0.5) is 10.6 Å². The van der Waals surface area contributed by atoms with Crippen molar-refractivity contribution >= 4 is 11.9 Å². The normalized spacial score (nSPS) is 18.7. The quantitative estimate of drug-likeness (QED) is 0.824. The van der Waals surface area contributed by atoms with E-state index in [4.69, 9.17) is 4.74 Å². The van der Waals surface area contributed by atoms with Gasteiger partial charge in [0.2, 0.25) is 0 Å². The third kappa shape index (κ3) is 3.94. The zero-order chi connectivity index (χ0) is 16.4. The second-order valence-corrected chi connectivity index (χ2v) is 6.30. The first-order chi connectivity index (χ1) is 11.0. The molecule has 126 valence electrons. The summed E-state index contributed by atoms with van der Waals surface area (Å²) in [5.74, 6) is 1.09. The lowest BCUT2D eigenvalue weighted by atomic mass is 10.1. The molecule has 0 spiro atoms. The van der Waals surface area contributed by atoms with Crippen molar-refractivity contribution in [3.8, 4) is 0 Å². The molecular formula is C15H22N4O4. The van der Waals surface area contributed by atoms with Gasteiger partial charge in [-0.15, -0.1) is 0 Å². The van der Waals surface area contributed by atoms with E-state index in [0.29, 0.717) is 31.4 Å². The summed E-state index contributed by atoms with van der Waals surface area (Å²) in [5.41, 5.74) is -0.746. The van der Waals surface area contributed by atoms with Gasteiger partial charge < -0.3 is 15.0 Å². The number of piperidine rings is 1. The molecule has 0 unspecified atom stereocenters. The van der Waals surface area contributed by atoms with Crippen LogP contribution in [0.5, 0.6) is 0 Å². The van der Waals surface area contributed by atoms with Crippen LogP contribution in [-0.2, 0) is 11.8 Å². The van der Waals surface area contributed by atoms with Crippen LogP contribution < -0.4 is 21.5 Å². The summed E-state index contributed by atoms with van der Waals surface area (Å²) in [4.78, 5) is 39.7. The Morgan fingerprint density at radius 1 is 1.30 bits per heavy atom. The Morgan fingerprint density at radius 2 is 2.00 bits per heavy atom. The van der Waals surface area contributed by atoms with Crippen LogP contribution in [0, 0.1) is 5.92 Å². The summed E-state index contributed by atoms with van der Waals surface area (Å²) in [6.07, 6.45) is 3.45. The Balaban J connectivity index is 1.50. The Bertz CT molecular complexity index is 652. The monoisotopic (exact) mass is 322 g/mol. The Hall–Kier alpha value is -2.25. The van der Waals surface area contributed by atoms with E-state index in [0.717, 1.165) is 30.3 Å². The van der Waals surface area contributed by atoms with Crippen molar-refractivity contribution in [1.29, 1.82) is 0 Å². The van der Waals surface area contributed by atoms with Gasteiger partial charge in [-0.25, -0.2) is 9.59 Å². The molecule has 0 aromatic carbocycles. The first kappa shape index (κ1) is 15.6. The summed E-state index contributed by atoms with van der Waals surface area (Å²) >= 11 is 0. The van der Waals surface area contributed by atoms with Gasteiger partial charge in [0, 0.05) is 32.2 Å². The number of anilines is 1. The predicted molar refractivity (Wildman–Crippen MR) is 84.7 cm³/mol. The molecule has 2 fully saturated rings. The number of aromatic amines is 1. The average molecular weight is 322 g/mol. The predicted octanol–water partition coefficient (Wildman–Crippen LogP) is 0.179. The molecule has 2 N–H and O–H groups in total. The SMILES string of the molecule is Cn1c(=O)cc(N2CCC(NC(=O)OCC3CC3)CC2)[nH]c1=O. The molecular weight excluding hydrogens is 300 g/mol. The molecule has 3 rings (SSSR count). The molecule has 1 saturated heterocycles. The van der Waals surface area contributed by atoms with Crippen LogP contribution >= 0.6 is 0 Å². The second kappa shape index (κ2) is 6.47. The van der Waals surface area contributed by atoms with Crippen molar-refractivity contribution in [3.05, 3.63) is 26.9 Å². The highest BCUT2D eigenvalue weighted by Crippen LogP contribution is 2.28. The molecule has 23 heavy (non-hydrogen) atoms. The summed E-state index contributed by atoms with van der Waals surface area (Å²) in [6, 6.07) is 1.50. The fourth-order valence-corrected chi connectivity index (χ4v) is 2.66. The van der Waals surface area contributed by atoms with Crippen molar-refractivity contribution < 1.29 is 9.53 Å². The van der Waals surface area contributed by atoms with E-state index in [9.17, 15) is 14.4 Å². The molecule has 1 aliphatic heterocycles.